The third kappa shape index (κ3) is 2.25. The second-order valence-corrected chi connectivity index (χ2v) is 3.45. The van der Waals surface area contributed by atoms with E-state index in [-0.39, 0.29) is 6.01 Å². The summed E-state index contributed by atoms with van der Waals surface area (Å²) < 4.78 is 5.01. The molecule has 3 N–H and O–H groups in total. The van der Waals surface area contributed by atoms with E-state index in [2.05, 4.69) is 21.6 Å². The maximum absolute atomic E-state index is 5.31. The second-order valence-electron chi connectivity index (χ2n) is 3.45. The van der Waals surface area contributed by atoms with Crippen LogP contribution in [0.15, 0.2) is 22.6 Å². The summed E-state index contributed by atoms with van der Waals surface area (Å²) in [4.78, 5) is 0. The van der Waals surface area contributed by atoms with E-state index in [4.69, 9.17) is 10.2 Å². The average Bonchev–Trinajstić information content (AvgIpc) is 2.49. The summed E-state index contributed by atoms with van der Waals surface area (Å²) in [6.45, 7) is 4.06. The van der Waals surface area contributed by atoms with Gasteiger partial charge in [-0.2, -0.15) is 0 Å². The third-order valence-electron chi connectivity index (χ3n) is 1.91. The molecule has 1 aromatic carbocycles. The van der Waals surface area contributed by atoms with E-state index in [0.717, 1.165) is 5.69 Å². The molecule has 15 heavy (non-hydrogen) atoms. The summed E-state index contributed by atoms with van der Waals surface area (Å²) in [5.41, 5.74) is 8.57. The molecule has 2 aromatic rings. The summed E-state index contributed by atoms with van der Waals surface area (Å²) in [5.74, 6) is 0. The van der Waals surface area contributed by atoms with Gasteiger partial charge in [0.25, 0.3) is 0 Å². The maximum Gasteiger partial charge on any atom is 0.321 e. The lowest BCUT2D eigenvalue weighted by Crippen LogP contribution is -1.91. The highest BCUT2D eigenvalue weighted by molar-refractivity contribution is 5.55. The highest BCUT2D eigenvalue weighted by Gasteiger charge is 2.03. The van der Waals surface area contributed by atoms with E-state index in [1.807, 2.05) is 26.0 Å². The van der Waals surface area contributed by atoms with Gasteiger partial charge in [-0.05, 0) is 37.1 Å². The van der Waals surface area contributed by atoms with Gasteiger partial charge >= 0.3 is 12.0 Å². The van der Waals surface area contributed by atoms with Gasteiger partial charge in [0.1, 0.15) is 0 Å². The van der Waals surface area contributed by atoms with Crippen molar-refractivity contribution >= 4 is 17.7 Å². The molecule has 1 heterocycles. The number of rotatable bonds is 2. The Kier molecular flexibility index (Phi) is 2.29. The van der Waals surface area contributed by atoms with Gasteiger partial charge in [0.05, 0.1) is 0 Å². The predicted molar refractivity (Wildman–Crippen MR) is 57.9 cm³/mol. The number of hydrogen-bond donors (Lipinski definition) is 2. The topological polar surface area (TPSA) is 77.0 Å². The Hall–Kier alpha value is -2.04. The van der Waals surface area contributed by atoms with Crippen LogP contribution < -0.4 is 11.1 Å². The highest BCUT2D eigenvalue weighted by atomic mass is 16.4. The molecule has 0 saturated carbocycles. The molecule has 0 aliphatic carbocycles. The van der Waals surface area contributed by atoms with Crippen LogP contribution in [0.5, 0.6) is 0 Å². The summed E-state index contributed by atoms with van der Waals surface area (Å²) in [5, 5.41) is 10.3. The van der Waals surface area contributed by atoms with Gasteiger partial charge in [0, 0.05) is 5.69 Å². The molecule has 5 heteroatoms. The minimum Gasteiger partial charge on any atom is -0.389 e. The van der Waals surface area contributed by atoms with E-state index in [1.54, 1.807) is 0 Å². The average molecular weight is 204 g/mol. The molecule has 0 spiro atoms. The van der Waals surface area contributed by atoms with Crippen LogP contribution in [0.1, 0.15) is 11.1 Å². The fourth-order valence-electron chi connectivity index (χ4n) is 1.46. The molecule has 2 rings (SSSR count). The lowest BCUT2D eigenvalue weighted by atomic mass is 10.1. The van der Waals surface area contributed by atoms with Gasteiger partial charge in [-0.25, -0.2) is 0 Å². The number of nitrogens with one attached hydrogen (secondary N) is 1. The van der Waals surface area contributed by atoms with Crippen molar-refractivity contribution in [2.45, 2.75) is 13.8 Å². The fraction of sp³-hybridized carbons (Fsp3) is 0.200. The number of aryl methyl sites for hydroxylation is 2. The first kappa shape index (κ1) is 9.51. The number of nitrogens with zero attached hydrogens (tertiary/aromatic N) is 2. The molecule has 0 radical (unpaired) electrons. The van der Waals surface area contributed by atoms with Gasteiger partial charge in [-0.15, -0.1) is 0 Å². The van der Waals surface area contributed by atoms with Crippen LogP contribution in [0.25, 0.3) is 0 Å². The first-order valence-corrected chi connectivity index (χ1v) is 4.58. The molecular weight excluding hydrogens is 192 g/mol. The normalized spacial score (nSPS) is 10.3. The number of nitrogen functional groups attached to an aromatic ring is 1. The smallest absolute Gasteiger partial charge is 0.321 e. The summed E-state index contributed by atoms with van der Waals surface area (Å²) in [6, 6.07) is 6.44. The monoisotopic (exact) mass is 204 g/mol. The van der Waals surface area contributed by atoms with Gasteiger partial charge < -0.3 is 15.5 Å². The lowest BCUT2D eigenvalue weighted by Gasteiger charge is -2.03. The van der Waals surface area contributed by atoms with Crippen LogP contribution in [-0.4, -0.2) is 10.2 Å². The van der Waals surface area contributed by atoms with Crippen LogP contribution in [0.4, 0.5) is 17.7 Å². The molecule has 0 saturated heterocycles. The van der Waals surface area contributed by atoms with E-state index in [1.165, 1.54) is 11.1 Å². The van der Waals surface area contributed by atoms with E-state index >= 15 is 0 Å². The van der Waals surface area contributed by atoms with Crippen molar-refractivity contribution in [1.82, 2.24) is 10.2 Å². The van der Waals surface area contributed by atoms with Gasteiger partial charge in [-0.1, -0.05) is 16.3 Å². The maximum atomic E-state index is 5.31. The molecule has 0 unspecified atom stereocenters. The number of benzene rings is 1. The minimum absolute atomic E-state index is 0.0573. The Bertz CT molecular complexity index is 458. The second kappa shape index (κ2) is 3.61. The highest BCUT2D eigenvalue weighted by Crippen LogP contribution is 2.18. The quantitative estimate of drug-likeness (QED) is 0.782. The Morgan fingerprint density at radius 2 is 1.80 bits per heavy atom. The van der Waals surface area contributed by atoms with Crippen molar-refractivity contribution < 1.29 is 4.42 Å². The molecule has 1 aromatic heterocycles. The Morgan fingerprint density at radius 3 is 2.33 bits per heavy atom. The number of anilines is 3. The van der Waals surface area contributed by atoms with Crippen molar-refractivity contribution in [2.24, 2.45) is 0 Å². The zero-order valence-electron chi connectivity index (χ0n) is 8.61. The first-order chi connectivity index (χ1) is 7.13. The largest absolute Gasteiger partial charge is 0.389 e. The summed E-state index contributed by atoms with van der Waals surface area (Å²) >= 11 is 0. The molecule has 0 aliphatic rings. The van der Waals surface area contributed by atoms with Gasteiger partial charge in [-0.3, -0.25) is 0 Å². The number of nitrogens with two attached hydrogens (primary N) is 1. The van der Waals surface area contributed by atoms with Gasteiger partial charge in [0.15, 0.2) is 0 Å². The number of hydrogen-bond acceptors (Lipinski definition) is 5. The van der Waals surface area contributed by atoms with Crippen LogP contribution in [0.2, 0.25) is 0 Å². The summed E-state index contributed by atoms with van der Waals surface area (Å²) in [7, 11) is 0. The van der Waals surface area contributed by atoms with E-state index < -0.39 is 0 Å². The Labute approximate surface area is 87.3 Å². The zero-order chi connectivity index (χ0) is 10.8. The van der Waals surface area contributed by atoms with Crippen molar-refractivity contribution in [3.8, 4) is 0 Å². The van der Waals surface area contributed by atoms with E-state index in [0.29, 0.717) is 6.01 Å². The van der Waals surface area contributed by atoms with Crippen LogP contribution >= 0.6 is 0 Å². The SMILES string of the molecule is Cc1cc(C)cc(Nc2nnc(N)o2)c1. The van der Waals surface area contributed by atoms with Crippen LogP contribution in [0.3, 0.4) is 0 Å². The molecule has 0 aliphatic heterocycles. The minimum atomic E-state index is 0.0573. The van der Waals surface area contributed by atoms with E-state index in [9.17, 15) is 0 Å². The lowest BCUT2D eigenvalue weighted by molar-refractivity contribution is 0.593. The number of aromatic nitrogens is 2. The van der Waals surface area contributed by atoms with Crippen molar-refractivity contribution in [3.05, 3.63) is 29.3 Å². The molecule has 5 nitrogen and oxygen atoms in total. The predicted octanol–water partition coefficient (Wildman–Crippen LogP) is 2.01. The molecule has 0 bridgehead atoms. The third-order valence-corrected chi connectivity index (χ3v) is 1.91. The van der Waals surface area contributed by atoms with Crippen LogP contribution in [0, 0.1) is 13.8 Å². The Morgan fingerprint density at radius 1 is 1.13 bits per heavy atom. The molecule has 0 amide bonds. The van der Waals surface area contributed by atoms with Crippen molar-refractivity contribution in [2.75, 3.05) is 11.1 Å². The zero-order valence-corrected chi connectivity index (χ0v) is 8.61. The first-order valence-electron chi connectivity index (χ1n) is 4.58. The fourth-order valence-corrected chi connectivity index (χ4v) is 1.46. The van der Waals surface area contributed by atoms with Crippen molar-refractivity contribution in [1.29, 1.82) is 0 Å². The molecule has 0 atom stereocenters. The molecule has 78 valence electrons. The standard InChI is InChI=1S/C10H12N4O/c1-6-3-7(2)5-8(4-6)12-10-14-13-9(11)15-10/h3-5H,1-2H3,(H2,11,13)(H,12,14). The summed E-state index contributed by atoms with van der Waals surface area (Å²) in [6.07, 6.45) is 0. The molecular formula is C10H12N4O. The Balaban J connectivity index is 2.24. The van der Waals surface area contributed by atoms with Crippen molar-refractivity contribution in [3.63, 3.8) is 0 Å². The van der Waals surface area contributed by atoms with Crippen LogP contribution in [-0.2, 0) is 0 Å². The molecule has 0 fully saturated rings. The van der Waals surface area contributed by atoms with Gasteiger partial charge in [0.2, 0.25) is 0 Å².